The van der Waals surface area contributed by atoms with Crippen LogP contribution in [0.5, 0.6) is 0 Å². The van der Waals surface area contributed by atoms with E-state index >= 15 is 0 Å². The zero-order valence-corrected chi connectivity index (χ0v) is 10.5. The number of likely N-dealkylation sites (tertiary alicyclic amines) is 1. The van der Waals surface area contributed by atoms with E-state index in [1.54, 1.807) is 13.8 Å². The third kappa shape index (κ3) is 1.98. The highest BCUT2D eigenvalue weighted by molar-refractivity contribution is 5.93. The van der Waals surface area contributed by atoms with Crippen molar-refractivity contribution < 1.29 is 9.53 Å². The zero-order valence-electron chi connectivity index (χ0n) is 10.5. The van der Waals surface area contributed by atoms with Crippen LogP contribution in [0.15, 0.2) is 22.8 Å². The molecule has 0 aromatic heterocycles. The van der Waals surface area contributed by atoms with E-state index in [9.17, 15) is 4.79 Å². The summed E-state index contributed by atoms with van der Waals surface area (Å²) in [5, 5.41) is 7.55. The second-order valence-electron chi connectivity index (χ2n) is 4.92. The Kier molecular flexibility index (Phi) is 3.02. The standard InChI is InChI=1S/C13H18N2O2/c1-9(10(2)16)4-11-6-17-13(12(11)5-14)7-15(3)8-13/h4-5,14H,6-8H2,1-3H3. The fourth-order valence-corrected chi connectivity index (χ4v) is 2.46. The summed E-state index contributed by atoms with van der Waals surface area (Å²) in [6.45, 7) is 5.51. The maximum atomic E-state index is 11.2. The summed E-state index contributed by atoms with van der Waals surface area (Å²) in [6, 6.07) is 0. The van der Waals surface area contributed by atoms with Crippen LogP contribution in [0, 0.1) is 5.41 Å². The lowest BCUT2D eigenvalue weighted by Gasteiger charge is -2.46. The molecule has 0 aromatic rings. The number of carbonyl (C=O) groups excluding carboxylic acids is 1. The molecule has 0 amide bonds. The van der Waals surface area contributed by atoms with E-state index in [-0.39, 0.29) is 11.4 Å². The van der Waals surface area contributed by atoms with Crippen LogP contribution in [0.2, 0.25) is 0 Å². The fourth-order valence-electron chi connectivity index (χ4n) is 2.46. The summed E-state index contributed by atoms with van der Waals surface area (Å²) in [7, 11) is 2.03. The Balaban J connectivity index is 2.30. The lowest BCUT2D eigenvalue weighted by molar-refractivity contribution is -0.113. The van der Waals surface area contributed by atoms with E-state index in [1.165, 1.54) is 6.21 Å². The lowest BCUT2D eigenvalue weighted by atomic mass is 9.85. The molecular formula is C13H18N2O2. The Bertz CT molecular complexity index is 429. The van der Waals surface area contributed by atoms with Crippen molar-refractivity contribution in [1.29, 1.82) is 5.41 Å². The van der Waals surface area contributed by atoms with E-state index in [2.05, 4.69) is 4.90 Å². The predicted molar refractivity (Wildman–Crippen MR) is 66.4 cm³/mol. The summed E-state index contributed by atoms with van der Waals surface area (Å²) < 4.78 is 5.82. The van der Waals surface area contributed by atoms with Crippen molar-refractivity contribution in [3.05, 3.63) is 22.8 Å². The maximum Gasteiger partial charge on any atom is 0.155 e. The second kappa shape index (κ2) is 4.20. The molecule has 4 heteroatoms. The molecule has 2 heterocycles. The van der Waals surface area contributed by atoms with Crippen molar-refractivity contribution >= 4 is 12.0 Å². The Hall–Kier alpha value is -1.26. The number of nitrogens with zero attached hydrogens (tertiary/aromatic N) is 1. The number of rotatable bonds is 3. The van der Waals surface area contributed by atoms with Gasteiger partial charge in [-0.05, 0) is 38.1 Å². The molecule has 0 radical (unpaired) electrons. The molecule has 0 aliphatic carbocycles. The van der Waals surface area contributed by atoms with Crippen molar-refractivity contribution in [2.45, 2.75) is 19.4 Å². The van der Waals surface area contributed by atoms with Gasteiger partial charge in [0.25, 0.3) is 0 Å². The average molecular weight is 234 g/mol. The number of allylic oxidation sites excluding steroid dienone is 1. The molecule has 4 nitrogen and oxygen atoms in total. The first-order valence-corrected chi connectivity index (χ1v) is 5.74. The molecule has 1 spiro atoms. The van der Waals surface area contributed by atoms with Crippen molar-refractivity contribution in [3.63, 3.8) is 0 Å². The van der Waals surface area contributed by atoms with E-state index in [0.29, 0.717) is 12.2 Å². The molecule has 1 fully saturated rings. The molecule has 2 aliphatic rings. The molecule has 0 bridgehead atoms. The van der Waals surface area contributed by atoms with Crippen LogP contribution < -0.4 is 0 Å². The Morgan fingerprint density at radius 3 is 2.59 bits per heavy atom. The normalized spacial score (nSPS) is 24.1. The molecule has 17 heavy (non-hydrogen) atoms. The van der Waals surface area contributed by atoms with Gasteiger partial charge in [-0.1, -0.05) is 0 Å². The number of carbonyl (C=O) groups is 1. The van der Waals surface area contributed by atoms with Gasteiger partial charge in [-0.25, -0.2) is 0 Å². The minimum absolute atomic E-state index is 0.0634. The van der Waals surface area contributed by atoms with Crippen molar-refractivity contribution in [1.82, 2.24) is 4.90 Å². The number of nitrogens with one attached hydrogen (secondary N) is 1. The number of ether oxygens (including phenoxy) is 1. The van der Waals surface area contributed by atoms with Gasteiger partial charge in [0.1, 0.15) is 5.60 Å². The quantitative estimate of drug-likeness (QED) is 0.589. The minimum Gasteiger partial charge on any atom is -0.363 e. The molecule has 0 aromatic carbocycles. The molecule has 92 valence electrons. The lowest BCUT2D eigenvalue weighted by Crippen LogP contribution is -2.61. The fraction of sp³-hybridized carbons (Fsp3) is 0.538. The topological polar surface area (TPSA) is 53.4 Å². The maximum absolute atomic E-state index is 11.2. The molecule has 0 saturated carbocycles. The highest BCUT2D eigenvalue weighted by Gasteiger charge is 2.49. The van der Waals surface area contributed by atoms with Gasteiger partial charge in [0.05, 0.1) is 6.61 Å². The van der Waals surface area contributed by atoms with Gasteiger partial charge in [-0.2, -0.15) is 0 Å². The first-order chi connectivity index (χ1) is 7.98. The summed E-state index contributed by atoms with van der Waals surface area (Å²) in [5.41, 5.74) is 2.32. The Morgan fingerprint density at radius 1 is 1.47 bits per heavy atom. The number of Topliss-reactive ketones (excluding diaryl/α,β-unsaturated/α-hetero) is 1. The summed E-state index contributed by atoms with van der Waals surface area (Å²) in [6.07, 6.45) is 3.23. The molecular weight excluding hydrogens is 216 g/mol. The number of likely N-dealkylation sites (N-methyl/N-ethyl adjacent to an activating group) is 1. The Labute approximate surface area is 101 Å². The van der Waals surface area contributed by atoms with Crippen molar-refractivity contribution in [3.8, 4) is 0 Å². The molecule has 1 saturated heterocycles. The first-order valence-electron chi connectivity index (χ1n) is 5.74. The van der Waals surface area contributed by atoms with Gasteiger partial charge < -0.3 is 10.1 Å². The van der Waals surface area contributed by atoms with E-state index in [1.807, 2.05) is 13.1 Å². The van der Waals surface area contributed by atoms with E-state index < -0.39 is 0 Å². The zero-order chi connectivity index (χ0) is 12.6. The molecule has 2 aliphatic heterocycles. The average Bonchev–Trinajstić information content (AvgIpc) is 2.56. The molecule has 0 atom stereocenters. The number of ketones is 1. The van der Waals surface area contributed by atoms with Crippen LogP contribution >= 0.6 is 0 Å². The third-order valence-electron chi connectivity index (χ3n) is 3.48. The molecule has 0 unspecified atom stereocenters. The second-order valence-corrected chi connectivity index (χ2v) is 4.92. The van der Waals surface area contributed by atoms with Crippen LogP contribution in [-0.2, 0) is 9.53 Å². The van der Waals surface area contributed by atoms with Gasteiger partial charge in [-0.3, -0.25) is 9.69 Å². The minimum atomic E-state index is -0.292. The monoisotopic (exact) mass is 234 g/mol. The van der Waals surface area contributed by atoms with Gasteiger partial charge in [-0.15, -0.1) is 0 Å². The van der Waals surface area contributed by atoms with Crippen LogP contribution in [-0.4, -0.2) is 49.2 Å². The molecule has 2 rings (SSSR count). The summed E-state index contributed by atoms with van der Waals surface area (Å²) in [5.74, 6) is 0.0634. The van der Waals surface area contributed by atoms with E-state index in [4.69, 9.17) is 10.1 Å². The van der Waals surface area contributed by atoms with Crippen molar-refractivity contribution in [2.24, 2.45) is 0 Å². The summed E-state index contributed by atoms with van der Waals surface area (Å²) >= 11 is 0. The SMILES string of the molecule is CC(=O)C(C)=CC1=C(C=N)C2(CN(C)C2)OC1. The van der Waals surface area contributed by atoms with Crippen LogP contribution in [0.3, 0.4) is 0 Å². The first kappa shape index (κ1) is 12.2. The summed E-state index contributed by atoms with van der Waals surface area (Å²) in [4.78, 5) is 13.4. The number of hydrogen-bond acceptors (Lipinski definition) is 4. The predicted octanol–water partition coefficient (Wildman–Crippen LogP) is 1.18. The van der Waals surface area contributed by atoms with Gasteiger partial charge in [0, 0.05) is 24.9 Å². The van der Waals surface area contributed by atoms with Crippen LogP contribution in [0.4, 0.5) is 0 Å². The van der Waals surface area contributed by atoms with E-state index in [0.717, 1.165) is 24.2 Å². The number of hydrogen-bond donors (Lipinski definition) is 1. The highest BCUT2D eigenvalue weighted by Crippen LogP contribution is 2.38. The van der Waals surface area contributed by atoms with Gasteiger partial charge >= 0.3 is 0 Å². The molecule has 1 N–H and O–H groups in total. The van der Waals surface area contributed by atoms with Crippen molar-refractivity contribution in [2.75, 3.05) is 26.7 Å². The van der Waals surface area contributed by atoms with Crippen LogP contribution in [0.1, 0.15) is 13.8 Å². The smallest absolute Gasteiger partial charge is 0.155 e. The van der Waals surface area contributed by atoms with Gasteiger partial charge in [0.2, 0.25) is 0 Å². The largest absolute Gasteiger partial charge is 0.363 e. The van der Waals surface area contributed by atoms with Gasteiger partial charge in [0.15, 0.2) is 5.78 Å². The Morgan fingerprint density at radius 2 is 2.12 bits per heavy atom. The third-order valence-corrected chi connectivity index (χ3v) is 3.48. The highest BCUT2D eigenvalue weighted by atomic mass is 16.5. The van der Waals surface area contributed by atoms with Crippen LogP contribution in [0.25, 0.3) is 0 Å².